The van der Waals surface area contributed by atoms with Crippen molar-refractivity contribution in [3.63, 3.8) is 0 Å². The number of rotatable bonds is 0. The lowest BCUT2D eigenvalue weighted by Gasteiger charge is -2.38. The molecule has 0 aromatic carbocycles. The van der Waals surface area contributed by atoms with Crippen LogP contribution in [0.2, 0.25) is 0 Å². The average Bonchev–Trinajstić information content (AvgIpc) is 2.96. The molecule has 2 saturated heterocycles. The maximum Gasteiger partial charge on any atom is 0.509 e. The summed E-state index contributed by atoms with van der Waals surface area (Å²) in [7, 11) is 0. The molecule has 2 aliphatic heterocycles. The molecule has 0 aromatic rings. The van der Waals surface area contributed by atoms with Crippen molar-refractivity contribution in [2.45, 2.75) is 56.5 Å². The summed E-state index contributed by atoms with van der Waals surface area (Å²) in [5.74, 6) is -1.05. The topological polar surface area (TPSA) is 82.1 Å². The number of hydrogen-bond donors (Lipinski definition) is 1. The SMILES string of the molecule is C=C1C(=O)O[C@@H]2[C@@H]3[C@@H](CC[C@@]3(C)O)[C@]3(C)OC(=O)O[C@H]3C[C@@H]12. The Kier molecular flexibility index (Phi) is 2.58. The number of carbonyl (C=O) groups is 2. The molecule has 6 nitrogen and oxygen atoms in total. The number of aliphatic hydroxyl groups is 1. The second-order valence-corrected chi connectivity index (χ2v) is 7.41. The van der Waals surface area contributed by atoms with E-state index in [9.17, 15) is 14.7 Å². The van der Waals surface area contributed by atoms with Gasteiger partial charge in [-0.25, -0.2) is 9.59 Å². The molecule has 22 heavy (non-hydrogen) atoms. The first kappa shape index (κ1) is 14.1. The van der Waals surface area contributed by atoms with Gasteiger partial charge in [0.2, 0.25) is 0 Å². The first-order valence-electron chi connectivity index (χ1n) is 7.76. The molecule has 120 valence electrons. The summed E-state index contributed by atoms with van der Waals surface area (Å²) in [6.07, 6.45) is 0.187. The Labute approximate surface area is 128 Å². The van der Waals surface area contributed by atoms with Crippen LogP contribution >= 0.6 is 0 Å². The largest absolute Gasteiger partial charge is 0.509 e. The molecule has 0 amide bonds. The molecule has 2 heterocycles. The Morgan fingerprint density at radius 3 is 2.73 bits per heavy atom. The first-order chi connectivity index (χ1) is 10.2. The van der Waals surface area contributed by atoms with Crippen molar-refractivity contribution in [1.82, 2.24) is 0 Å². The number of ether oxygens (including phenoxy) is 3. The van der Waals surface area contributed by atoms with E-state index in [2.05, 4.69) is 6.58 Å². The van der Waals surface area contributed by atoms with E-state index in [-0.39, 0.29) is 17.8 Å². The minimum Gasteiger partial charge on any atom is -0.458 e. The zero-order valence-electron chi connectivity index (χ0n) is 12.7. The predicted octanol–water partition coefficient (Wildman–Crippen LogP) is 1.56. The van der Waals surface area contributed by atoms with E-state index in [0.29, 0.717) is 24.8 Å². The van der Waals surface area contributed by atoms with E-state index in [4.69, 9.17) is 14.2 Å². The lowest BCUT2D eigenvalue weighted by atomic mass is 9.74. The molecule has 0 aromatic heterocycles. The van der Waals surface area contributed by atoms with Gasteiger partial charge in [-0.3, -0.25) is 0 Å². The molecule has 0 radical (unpaired) electrons. The molecular weight excluding hydrogens is 288 g/mol. The fraction of sp³-hybridized carbons (Fsp3) is 0.750. The highest BCUT2D eigenvalue weighted by molar-refractivity contribution is 5.91. The van der Waals surface area contributed by atoms with Gasteiger partial charge in [-0.1, -0.05) is 6.58 Å². The molecule has 0 unspecified atom stereocenters. The van der Waals surface area contributed by atoms with Gasteiger partial charge in [0.15, 0.2) is 5.60 Å². The Balaban J connectivity index is 1.83. The van der Waals surface area contributed by atoms with Crippen molar-refractivity contribution in [2.24, 2.45) is 17.8 Å². The third kappa shape index (κ3) is 1.59. The Morgan fingerprint density at radius 2 is 2.00 bits per heavy atom. The van der Waals surface area contributed by atoms with Gasteiger partial charge in [-0.15, -0.1) is 0 Å². The van der Waals surface area contributed by atoms with Crippen LogP contribution in [0.3, 0.4) is 0 Å². The third-order valence-corrected chi connectivity index (χ3v) is 6.20. The van der Waals surface area contributed by atoms with E-state index in [1.54, 1.807) is 6.92 Å². The van der Waals surface area contributed by atoms with Crippen molar-refractivity contribution < 1.29 is 28.9 Å². The molecule has 2 saturated carbocycles. The van der Waals surface area contributed by atoms with Gasteiger partial charge in [0.1, 0.15) is 12.2 Å². The monoisotopic (exact) mass is 308 g/mol. The van der Waals surface area contributed by atoms with Crippen LogP contribution in [0, 0.1) is 17.8 Å². The average molecular weight is 308 g/mol. The lowest BCUT2D eigenvalue weighted by molar-refractivity contribution is -0.149. The van der Waals surface area contributed by atoms with Gasteiger partial charge in [-0.05, 0) is 33.1 Å². The molecule has 4 aliphatic rings. The molecule has 1 N–H and O–H groups in total. The van der Waals surface area contributed by atoms with Gasteiger partial charge in [0.05, 0.1) is 5.60 Å². The van der Waals surface area contributed by atoms with Crippen LogP contribution < -0.4 is 0 Å². The van der Waals surface area contributed by atoms with E-state index in [0.717, 1.165) is 0 Å². The molecule has 0 spiro atoms. The van der Waals surface area contributed by atoms with Crippen molar-refractivity contribution >= 4 is 12.1 Å². The lowest BCUT2D eigenvalue weighted by Crippen LogP contribution is -2.49. The zero-order valence-corrected chi connectivity index (χ0v) is 12.7. The van der Waals surface area contributed by atoms with Gasteiger partial charge in [0, 0.05) is 23.3 Å². The highest BCUT2D eigenvalue weighted by Gasteiger charge is 2.67. The smallest absolute Gasteiger partial charge is 0.458 e. The maximum absolute atomic E-state index is 11.9. The minimum atomic E-state index is -0.967. The van der Waals surface area contributed by atoms with Gasteiger partial charge in [0.25, 0.3) is 0 Å². The summed E-state index contributed by atoms with van der Waals surface area (Å²) in [6, 6.07) is 0. The van der Waals surface area contributed by atoms with E-state index < -0.39 is 35.5 Å². The fourth-order valence-corrected chi connectivity index (χ4v) is 5.01. The summed E-state index contributed by atoms with van der Waals surface area (Å²) in [5, 5.41) is 10.8. The second kappa shape index (κ2) is 4.04. The van der Waals surface area contributed by atoms with Crippen LogP contribution in [0.1, 0.15) is 33.1 Å². The number of fused-ring (bicyclic) bond motifs is 5. The van der Waals surface area contributed by atoms with Crippen molar-refractivity contribution in [1.29, 1.82) is 0 Å². The summed E-state index contributed by atoms with van der Waals surface area (Å²) in [4.78, 5) is 23.6. The second-order valence-electron chi connectivity index (χ2n) is 7.41. The van der Waals surface area contributed by atoms with Crippen LogP contribution in [0.25, 0.3) is 0 Å². The normalized spacial score (nSPS) is 53.0. The van der Waals surface area contributed by atoms with E-state index in [1.807, 2.05) is 6.92 Å². The van der Waals surface area contributed by atoms with Crippen molar-refractivity contribution in [3.05, 3.63) is 12.2 Å². The molecule has 0 bridgehead atoms. The molecule has 4 fully saturated rings. The summed E-state index contributed by atoms with van der Waals surface area (Å²) in [5.41, 5.74) is -1.36. The third-order valence-electron chi connectivity index (χ3n) is 6.20. The minimum absolute atomic E-state index is 0.104. The molecule has 6 heteroatoms. The number of esters is 1. The molecular formula is C16H20O6. The van der Waals surface area contributed by atoms with Gasteiger partial charge >= 0.3 is 12.1 Å². The first-order valence-corrected chi connectivity index (χ1v) is 7.76. The highest BCUT2D eigenvalue weighted by Crippen LogP contribution is 2.58. The Morgan fingerprint density at radius 1 is 1.27 bits per heavy atom. The summed E-state index contributed by atoms with van der Waals surface area (Å²) in [6.45, 7) is 7.48. The Bertz CT molecular complexity index is 581. The number of hydrogen-bond acceptors (Lipinski definition) is 6. The van der Waals surface area contributed by atoms with E-state index in [1.165, 1.54) is 0 Å². The van der Waals surface area contributed by atoms with Gasteiger partial charge in [-0.2, -0.15) is 0 Å². The molecule has 4 rings (SSSR count). The Hall–Kier alpha value is -1.56. The summed E-state index contributed by atoms with van der Waals surface area (Å²) < 4.78 is 16.4. The highest BCUT2D eigenvalue weighted by atomic mass is 16.8. The number of carbonyl (C=O) groups excluding carboxylic acids is 2. The predicted molar refractivity (Wildman–Crippen MR) is 73.7 cm³/mol. The van der Waals surface area contributed by atoms with Crippen LogP contribution in [0.4, 0.5) is 4.79 Å². The quantitative estimate of drug-likeness (QED) is 0.540. The molecule has 2 aliphatic carbocycles. The zero-order chi connectivity index (χ0) is 15.9. The van der Waals surface area contributed by atoms with Crippen LogP contribution in [-0.2, 0) is 19.0 Å². The van der Waals surface area contributed by atoms with Crippen molar-refractivity contribution in [2.75, 3.05) is 0 Å². The maximum atomic E-state index is 11.9. The van der Waals surface area contributed by atoms with Gasteiger partial charge < -0.3 is 19.3 Å². The van der Waals surface area contributed by atoms with Crippen molar-refractivity contribution in [3.8, 4) is 0 Å². The van der Waals surface area contributed by atoms with Crippen LogP contribution in [0.15, 0.2) is 12.2 Å². The molecule has 7 atom stereocenters. The van der Waals surface area contributed by atoms with E-state index >= 15 is 0 Å². The van der Waals surface area contributed by atoms with Crippen LogP contribution in [-0.4, -0.2) is 40.6 Å². The standard InChI is InChI=1S/C16H20O6/c1-7-8-6-10-16(3,22-14(18)20-10)9-4-5-15(2,19)11(9)12(8)21-13(7)17/h8-12,19H,1,4-6H2,2-3H3/t8-,9+,10-,11-,12-,15+,16-/m0/s1. The fourth-order valence-electron chi connectivity index (χ4n) is 5.01. The van der Waals surface area contributed by atoms with Crippen LogP contribution in [0.5, 0.6) is 0 Å². The summed E-state index contributed by atoms with van der Waals surface area (Å²) >= 11 is 0.